The lowest BCUT2D eigenvalue weighted by Gasteiger charge is -2.27. The van der Waals surface area contributed by atoms with E-state index in [9.17, 15) is 0 Å². The fourth-order valence-corrected chi connectivity index (χ4v) is 3.90. The first-order chi connectivity index (χ1) is 11.8. The van der Waals surface area contributed by atoms with Crippen LogP contribution in [0.25, 0.3) is 22.0 Å². The van der Waals surface area contributed by atoms with Crippen molar-refractivity contribution in [1.29, 1.82) is 0 Å². The van der Waals surface area contributed by atoms with Gasteiger partial charge in [-0.25, -0.2) is 4.31 Å². The molecule has 122 valence electrons. The Bertz CT molecular complexity index is 894. The summed E-state index contributed by atoms with van der Waals surface area (Å²) in [6.07, 6.45) is 5.16. The zero-order valence-electron chi connectivity index (χ0n) is 14.0. The lowest BCUT2D eigenvalue weighted by molar-refractivity contribution is 0.415. The highest BCUT2D eigenvalue weighted by Crippen LogP contribution is 2.32. The van der Waals surface area contributed by atoms with Crippen molar-refractivity contribution in [1.82, 2.24) is 9.29 Å². The number of nitrogens with zero attached hydrogens (tertiary/aromatic N) is 2. The maximum atomic E-state index is 5.32. The van der Waals surface area contributed by atoms with Gasteiger partial charge in [-0.1, -0.05) is 24.1 Å². The number of benzene rings is 2. The molecule has 0 N–H and O–H groups in total. The maximum Gasteiger partial charge on any atom is 0.121 e. The highest BCUT2D eigenvalue weighted by Gasteiger charge is 2.16. The van der Waals surface area contributed by atoms with Crippen LogP contribution in [0.15, 0.2) is 48.7 Å². The van der Waals surface area contributed by atoms with Crippen LogP contribution in [0.2, 0.25) is 0 Å². The van der Waals surface area contributed by atoms with Crippen molar-refractivity contribution in [2.45, 2.75) is 13.0 Å². The average molecular weight is 336 g/mol. The fourth-order valence-electron chi connectivity index (χ4n) is 3.36. The van der Waals surface area contributed by atoms with Gasteiger partial charge >= 0.3 is 0 Å². The van der Waals surface area contributed by atoms with E-state index in [1.165, 1.54) is 22.3 Å². The number of rotatable bonds is 3. The van der Waals surface area contributed by atoms with E-state index >= 15 is 0 Å². The van der Waals surface area contributed by atoms with Gasteiger partial charge in [0.1, 0.15) is 5.75 Å². The van der Waals surface area contributed by atoms with Crippen LogP contribution in [-0.4, -0.2) is 29.2 Å². The summed E-state index contributed by atoms with van der Waals surface area (Å²) in [5.74, 6) is 0.841. The van der Waals surface area contributed by atoms with Gasteiger partial charge in [-0.05, 0) is 59.2 Å². The molecule has 0 unspecified atom stereocenters. The first kappa shape index (κ1) is 15.5. The van der Waals surface area contributed by atoms with Crippen molar-refractivity contribution in [3.63, 3.8) is 0 Å². The Hall–Kier alpha value is -2.04. The Kier molecular flexibility index (Phi) is 4.17. The van der Waals surface area contributed by atoms with Crippen molar-refractivity contribution in [3.8, 4) is 16.9 Å². The molecule has 0 atom stereocenters. The van der Waals surface area contributed by atoms with Gasteiger partial charge in [0.15, 0.2) is 0 Å². The lowest BCUT2D eigenvalue weighted by Crippen LogP contribution is -2.24. The van der Waals surface area contributed by atoms with Crippen LogP contribution < -0.4 is 4.74 Å². The first-order valence-electron chi connectivity index (χ1n) is 8.12. The summed E-state index contributed by atoms with van der Waals surface area (Å²) < 4.78 is 7.74. The number of hydrogen-bond acceptors (Lipinski definition) is 4. The maximum absolute atomic E-state index is 5.32. The molecule has 4 rings (SSSR count). The molecule has 3 aromatic rings. The Labute approximate surface area is 146 Å². The van der Waals surface area contributed by atoms with Crippen molar-refractivity contribution in [2.24, 2.45) is 0 Å². The normalized spacial score (nSPS) is 14.6. The Morgan fingerprint density at radius 2 is 2.00 bits per heavy atom. The van der Waals surface area contributed by atoms with Crippen molar-refractivity contribution < 1.29 is 4.74 Å². The van der Waals surface area contributed by atoms with Gasteiger partial charge in [-0.3, -0.25) is 4.98 Å². The van der Waals surface area contributed by atoms with E-state index in [-0.39, 0.29) is 0 Å². The molecular weight excluding hydrogens is 316 g/mol. The molecule has 4 heteroatoms. The smallest absolute Gasteiger partial charge is 0.121 e. The molecule has 0 radical (unpaired) electrons. The number of pyridine rings is 1. The molecule has 0 spiro atoms. The predicted octanol–water partition coefficient (Wildman–Crippen LogP) is 4.55. The third-order valence-corrected chi connectivity index (χ3v) is 5.53. The number of methoxy groups -OCH3 is 1. The SMILES string of the molecule is COc1ccc2c(-c3ccc4c(c3)CN(SC)CC4)ccnc2c1. The van der Waals surface area contributed by atoms with Gasteiger partial charge in [0, 0.05) is 30.7 Å². The number of fused-ring (bicyclic) bond motifs is 2. The van der Waals surface area contributed by atoms with Crippen LogP contribution in [-0.2, 0) is 13.0 Å². The minimum atomic E-state index is 0.841. The second-order valence-corrected chi connectivity index (χ2v) is 6.90. The molecule has 1 aliphatic heterocycles. The zero-order chi connectivity index (χ0) is 16.5. The van der Waals surface area contributed by atoms with E-state index in [4.69, 9.17) is 4.74 Å². The van der Waals surface area contributed by atoms with E-state index in [1.807, 2.05) is 30.3 Å². The van der Waals surface area contributed by atoms with E-state index in [0.29, 0.717) is 0 Å². The molecule has 0 aliphatic carbocycles. The van der Waals surface area contributed by atoms with Crippen LogP contribution in [0.1, 0.15) is 11.1 Å². The number of hydrogen-bond donors (Lipinski definition) is 0. The summed E-state index contributed by atoms with van der Waals surface area (Å²) in [6, 6.07) is 15.1. The van der Waals surface area contributed by atoms with E-state index in [2.05, 4.69) is 45.9 Å². The Morgan fingerprint density at radius 1 is 1.08 bits per heavy atom. The van der Waals surface area contributed by atoms with E-state index in [0.717, 1.165) is 36.2 Å². The highest BCUT2D eigenvalue weighted by molar-refractivity contribution is 7.96. The van der Waals surface area contributed by atoms with Crippen LogP contribution in [0.4, 0.5) is 0 Å². The summed E-state index contributed by atoms with van der Waals surface area (Å²) in [7, 11) is 1.69. The summed E-state index contributed by atoms with van der Waals surface area (Å²) in [4.78, 5) is 4.50. The molecule has 1 aromatic heterocycles. The van der Waals surface area contributed by atoms with Crippen molar-refractivity contribution in [2.75, 3.05) is 19.9 Å². The van der Waals surface area contributed by atoms with Crippen LogP contribution >= 0.6 is 11.9 Å². The predicted molar refractivity (Wildman–Crippen MR) is 101 cm³/mol. The van der Waals surface area contributed by atoms with E-state index < -0.39 is 0 Å². The van der Waals surface area contributed by atoms with Gasteiger partial charge in [0.2, 0.25) is 0 Å². The lowest BCUT2D eigenvalue weighted by atomic mass is 9.94. The molecule has 0 saturated carbocycles. The van der Waals surface area contributed by atoms with Crippen LogP contribution in [0, 0.1) is 0 Å². The monoisotopic (exact) mass is 336 g/mol. The van der Waals surface area contributed by atoms with Gasteiger partial charge in [0.25, 0.3) is 0 Å². The fraction of sp³-hybridized carbons (Fsp3) is 0.250. The van der Waals surface area contributed by atoms with Gasteiger partial charge in [-0.15, -0.1) is 0 Å². The Balaban J connectivity index is 1.80. The van der Waals surface area contributed by atoms with Gasteiger partial charge < -0.3 is 4.74 Å². The topological polar surface area (TPSA) is 25.4 Å². The van der Waals surface area contributed by atoms with E-state index in [1.54, 1.807) is 7.11 Å². The summed E-state index contributed by atoms with van der Waals surface area (Å²) in [5.41, 5.74) is 6.37. The number of aromatic nitrogens is 1. The second-order valence-electron chi connectivity index (χ2n) is 6.02. The average Bonchev–Trinajstić information content (AvgIpc) is 2.66. The molecule has 1 aliphatic rings. The van der Waals surface area contributed by atoms with Crippen molar-refractivity contribution >= 4 is 22.9 Å². The first-order valence-corrected chi connectivity index (χ1v) is 9.30. The second kappa shape index (κ2) is 6.46. The molecular formula is C20H20N2OS. The largest absolute Gasteiger partial charge is 0.497 e. The minimum absolute atomic E-state index is 0.841. The standard InChI is InChI=1S/C20H20N2OS/c1-23-17-5-6-19-18(7-9-21-20(19)12-17)15-4-3-14-8-10-22(24-2)13-16(14)11-15/h3-7,9,11-12H,8,10,13H2,1-2H3. The molecule has 2 heterocycles. The molecule has 0 amide bonds. The zero-order valence-corrected chi connectivity index (χ0v) is 14.8. The highest BCUT2D eigenvalue weighted by atomic mass is 32.2. The third kappa shape index (κ3) is 2.76. The molecule has 0 saturated heterocycles. The van der Waals surface area contributed by atoms with Crippen LogP contribution in [0.3, 0.4) is 0 Å². The Morgan fingerprint density at radius 3 is 2.83 bits per heavy atom. The quantitative estimate of drug-likeness (QED) is 0.655. The minimum Gasteiger partial charge on any atom is -0.497 e. The summed E-state index contributed by atoms with van der Waals surface area (Å²) >= 11 is 1.83. The van der Waals surface area contributed by atoms with Gasteiger partial charge in [0.05, 0.1) is 12.6 Å². The molecule has 0 bridgehead atoms. The molecule has 0 fully saturated rings. The summed E-state index contributed by atoms with van der Waals surface area (Å²) in [6.45, 7) is 2.15. The number of ether oxygens (including phenoxy) is 1. The third-order valence-electron chi connectivity index (χ3n) is 4.70. The van der Waals surface area contributed by atoms with Crippen molar-refractivity contribution in [3.05, 3.63) is 59.8 Å². The molecule has 2 aromatic carbocycles. The molecule has 3 nitrogen and oxygen atoms in total. The van der Waals surface area contributed by atoms with Crippen LogP contribution in [0.5, 0.6) is 5.75 Å². The molecule has 24 heavy (non-hydrogen) atoms. The van der Waals surface area contributed by atoms with Gasteiger partial charge in [-0.2, -0.15) is 0 Å². The summed E-state index contributed by atoms with van der Waals surface area (Å²) in [5, 5.41) is 1.16.